The minimum absolute atomic E-state index is 0.0315. The summed E-state index contributed by atoms with van der Waals surface area (Å²) in [4.78, 5) is 23.7. The number of hydrogen-bond acceptors (Lipinski definition) is 4. The van der Waals surface area contributed by atoms with Crippen LogP contribution in [0.25, 0.3) is 0 Å². The first-order valence-corrected chi connectivity index (χ1v) is 10.7. The summed E-state index contributed by atoms with van der Waals surface area (Å²) in [5.41, 5.74) is 0. The fourth-order valence-corrected chi connectivity index (χ4v) is 2.90. The van der Waals surface area contributed by atoms with Crippen molar-refractivity contribution in [3.63, 3.8) is 0 Å². The second-order valence-corrected chi connectivity index (χ2v) is 7.92. The zero-order valence-corrected chi connectivity index (χ0v) is 18.2. The number of nitrogens with one attached hydrogen (secondary N) is 3. The van der Waals surface area contributed by atoms with Gasteiger partial charge in [-0.3, -0.25) is 9.59 Å². The maximum atomic E-state index is 12.2. The normalized spacial score (nSPS) is 12.4. The van der Waals surface area contributed by atoms with Gasteiger partial charge in [-0.05, 0) is 25.7 Å². The fraction of sp³-hybridized carbons (Fsp3) is 0.905. The van der Waals surface area contributed by atoms with Gasteiger partial charge in [-0.15, -0.1) is 0 Å². The summed E-state index contributed by atoms with van der Waals surface area (Å²) in [6, 6.07) is 0.539. The van der Waals surface area contributed by atoms with Gasteiger partial charge in [-0.25, -0.2) is 0 Å². The molecule has 1 unspecified atom stereocenters. The second-order valence-electron chi connectivity index (χ2n) is 7.92. The van der Waals surface area contributed by atoms with E-state index < -0.39 is 0 Å². The van der Waals surface area contributed by atoms with Crippen molar-refractivity contribution >= 4 is 11.8 Å². The summed E-state index contributed by atoms with van der Waals surface area (Å²) in [5.74, 6) is 0.260. The van der Waals surface area contributed by atoms with E-state index in [-0.39, 0.29) is 23.8 Å². The van der Waals surface area contributed by atoms with Crippen LogP contribution in [0.5, 0.6) is 0 Å². The van der Waals surface area contributed by atoms with Gasteiger partial charge in [0.1, 0.15) is 0 Å². The molecular weight excluding hydrogens is 342 g/mol. The van der Waals surface area contributed by atoms with Crippen LogP contribution in [0.1, 0.15) is 79.1 Å². The number of ether oxygens (including phenoxy) is 1. The number of carbonyl (C=O) groups is 2. The van der Waals surface area contributed by atoms with E-state index in [1.165, 1.54) is 0 Å². The van der Waals surface area contributed by atoms with Crippen molar-refractivity contribution < 1.29 is 14.3 Å². The maximum absolute atomic E-state index is 12.2. The van der Waals surface area contributed by atoms with Gasteiger partial charge < -0.3 is 20.7 Å². The van der Waals surface area contributed by atoms with Crippen molar-refractivity contribution in [3.8, 4) is 0 Å². The standard InChI is InChI=1S/C21H43N3O3/c1-17(2)21(26)23-14-10-8-12-19(24-18(3)4)16-20(25)22-13-9-6-7-11-15-27-5/h17-19,24H,6-16H2,1-5H3,(H,22,25)(H,23,26). The Balaban J connectivity index is 3.93. The molecule has 0 rings (SSSR count). The molecule has 1 atom stereocenters. The molecule has 160 valence electrons. The molecule has 0 aliphatic rings. The highest BCUT2D eigenvalue weighted by Crippen LogP contribution is 2.07. The first kappa shape index (κ1) is 25.9. The van der Waals surface area contributed by atoms with Crippen LogP contribution in [0.4, 0.5) is 0 Å². The third kappa shape index (κ3) is 16.7. The molecule has 6 heteroatoms. The first-order valence-electron chi connectivity index (χ1n) is 10.7. The highest BCUT2D eigenvalue weighted by Gasteiger charge is 2.14. The molecule has 0 aromatic rings. The summed E-state index contributed by atoms with van der Waals surface area (Å²) < 4.78 is 5.03. The fourth-order valence-electron chi connectivity index (χ4n) is 2.90. The molecule has 0 aliphatic heterocycles. The predicted molar refractivity (Wildman–Crippen MR) is 112 cm³/mol. The smallest absolute Gasteiger partial charge is 0.222 e. The topological polar surface area (TPSA) is 79.5 Å². The lowest BCUT2D eigenvalue weighted by atomic mass is 10.0. The molecule has 0 bridgehead atoms. The van der Waals surface area contributed by atoms with Crippen LogP contribution in [0.15, 0.2) is 0 Å². The van der Waals surface area contributed by atoms with Crippen LogP contribution in [-0.4, -0.2) is 50.7 Å². The highest BCUT2D eigenvalue weighted by atomic mass is 16.5. The van der Waals surface area contributed by atoms with Crippen LogP contribution in [0.3, 0.4) is 0 Å². The molecule has 0 aromatic heterocycles. The van der Waals surface area contributed by atoms with Gasteiger partial charge in [-0.1, -0.05) is 47.0 Å². The van der Waals surface area contributed by atoms with Crippen molar-refractivity contribution in [1.82, 2.24) is 16.0 Å². The van der Waals surface area contributed by atoms with Crippen LogP contribution in [-0.2, 0) is 14.3 Å². The van der Waals surface area contributed by atoms with Gasteiger partial charge in [0.15, 0.2) is 0 Å². The second kappa shape index (κ2) is 17.0. The van der Waals surface area contributed by atoms with Crippen molar-refractivity contribution in [2.45, 2.75) is 91.1 Å². The Morgan fingerprint density at radius 3 is 2.11 bits per heavy atom. The molecule has 2 amide bonds. The Labute approximate surface area is 166 Å². The lowest BCUT2D eigenvalue weighted by Gasteiger charge is -2.21. The van der Waals surface area contributed by atoms with E-state index in [0.29, 0.717) is 19.0 Å². The van der Waals surface area contributed by atoms with Crippen molar-refractivity contribution in [1.29, 1.82) is 0 Å². The summed E-state index contributed by atoms with van der Waals surface area (Å²) in [6.45, 7) is 10.3. The van der Waals surface area contributed by atoms with Crippen molar-refractivity contribution in [2.75, 3.05) is 26.8 Å². The van der Waals surface area contributed by atoms with Crippen LogP contribution in [0, 0.1) is 5.92 Å². The lowest BCUT2D eigenvalue weighted by Crippen LogP contribution is -2.39. The lowest BCUT2D eigenvalue weighted by molar-refractivity contribution is -0.124. The molecule has 0 fully saturated rings. The van der Waals surface area contributed by atoms with E-state index in [1.807, 2.05) is 13.8 Å². The summed E-state index contributed by atoms with van der Waals surface area (Å²) >= 11 is 0. The quantitative estimate of drug-likeness (QED) is 0.336. The highest BCUT2D eigenvalue weighted by molar-refractivity contribution is 5.77. The number of amides is 2. The molecule has 0 heterocycles. The molecular formula is C21H43N3O3. The molecule has 6 nitrogen and oxygen atoms in total. The number of methoxy groups -OCH3 is 1. The zero-order chi connectivity index (χ0) is 20.5. The maximum Gasteiger partial charge on any atom is 0.222 e. The summed E-state index contributed by atoms with van der Waals surface area (Å²) in [5, 5.41) is 9.47. The van der Waals surface area contributed by atoms with Crippen molar-refractivity contribution in [2.24, 2.45) is 5.92 Å². The molecule has 0 aromatic carbocycles. The molecule has 0 saturated carbocycles. The number of hydrogen-bond donors (Lipinski definition) is 3. The van der Waals surface area contributed by atoms with E-state index in [9.17, 15) is 9.59 Å². The molecule has 0 spiro atoms. The van der Waals surface area contributed by atoms with E-state index in [1.54, 1.807) is 7.11 Å². The first-order chi connectivity index (χ1) is 12.9. The molecule has 27 heavy (non-hydrogen) atoms. The van der Waals surface area contributed by atoms with Crippen LogP contribution >= 0.6 is 0 Å². The average molecular weight is 386 g/mol. The monoisotopic (exact) mass is 385 g/mol. The van der Waals surface area contributed by atoms with Crippen LogP contribution in [0.2, 0.25) is 0 Å². The van der Waals surface area contributed by atoms with Crippen LogP contribution < -0.4 is 16.0 Å². The summed E-state index contributed by atoms with van der Waals surface area (Å²) in [7, 11) is 1.73. The Morgan fingerprint density at radius 1 is 0.852 bits per heavy atom. The summed E-state index contributed by atoms with van der Waals surface area (Å²) in [6.07, 6.45) is 7.78. The number of carbonyl (C=O) groups excluding carboxylic acids is 2. The molecule has 0 saturated heterocycles. The van der Waals surface area contributed by atoms with Crippen molar-refractivity contribution in [3.05, 3.63) is 0 Å². The molecule has 0 aliphatic carbocycles. The predicted octanol–water partition coefficient (Wildman–Crippen LogP) is 3.01. The van der Waals surface area contributed by atoms with Gasteiger partial charge >= 0.3 is 0 Å². The minimum Gasteiger partial charge on any atom is -0.385 e. The third-order valence-electron chi connectivity index (χ3n) is 4.40. The Kier molecular flexibility index (Phi) is 16.3. The van der Waals surface area contributed by atoms with Gasteiger partial charge in [0.25, 0.3) is 0 Å². The van der Waals surface area contributed by atoms with E-state index >= 15 is 0 Å². The zero-order valence-electron chi connectivity index (χ0n) is 18.2. The Bertz CT molecular complexity index is 387. The Morgan fingerprint density at radius 2 is 1.48 bits per heavy atom. The van der Waals surface area contributed by atoms with E-state index in [0.717, 1.165) is 58.1 Å². The molecule has 0 radical (unpaired) electrons. The minimum atomic E-state index is 0.0315. The number of unbranched alkanes of at least 4 members (excludes halogenated alkanes) is 4. The number of rotatable bonds is 17. The molecule has 3 N–H and O–H groups in total. The van der Waals surface area contributed by atoms with Gasteiger partial charge in [0.2, 0.25) is 11.8 Å². The average Bonchev–Trinajstić information content (AvgIpc) is 2.59. The van der Waals surface area contributed by atoms with Gasteiger partial charge in [0.05, 0.1) is 0 Å². The van der Waals surface area contributed by atoms with Gasteiger partial charge in [-0.2, -0.15) is 0 Å². The third-order valence-corrected chi connectivity index (χ3v) is 4.40. The largest absolute Gasteiger partial charge is 0.385 e. The van der Waals surface area contributed by atoms with Gasteiger partial charge in [0, 0.05) is 51.2 Å². The Hall–Kier alpha value is -1.14. The van der Waals surface area contributed by atoms with E-state index in [4.69, 9.17) is 4.74 Å². The SMILES string of the molecule is COCCCCCCNC(=O)CC(CCCCNC(=O)C(C)C)NC(C)C. The van der Waals surface area contributed by atoms with E-state index in [2.05, 4.69) is 29.8 Å².